The Labute approximate surface area is 212 Å². The SMILES string of the molecule is CCOC(=O)C(C)(Cc1ccccc1)c1ccnc2c(-c3ccc(C4(O)CCCCC4)cc3)cnn12. The second kappa shape index (κ2) is 9.86. The van der Waals surface area contributed by atoms with E-state index in [1.54, 1.807) is 16.9 Å². The zero-order valence-electron chi connectivity index (χ0n) is 21.0. The third-order valence-corrected chi connectivity index (χ3v) is 7.51. The van der Waals surface area contributed by atoms with E-state index in [1.807, 2.05) is 74.5 Å². The molecule has 2 aromatic carbocycles. The fraction of sp³-hybridized carbons (Fsp3) is 0.367. The van der Waals surface area contributed by atoms with Crippen LogP contribution in [0.25, 0.3) is 16.8 Å². The van der Waals surface area contributed by atoms with Gasteiger partial charge in [0, 0.05) is 11.8 Å². The number of rotatable bonds is 7. The molecule has 6 heteroatoms. The van der Waals surface area contributed by atoms with Gasteiger partial charge in [-0.2, -0.15) is 5.10 Å². The summed E-state index contributed by atoms with van der Waals surface area (Å²) < 4.78 is 7.29. The smallest absolute Gasteiger partial charge is 0.318 e. The highest BCUT2D eigenvalue weighted by molar-refractivity contribution is 5.84. The first kappa shape index (κ1) is 24.2. The molecule has 0 amide bonds. The summed E-state index contributed by atoms with van der Waals surface area (Å²) in [6, 6.07) is 19.9. The lowest BCUT2D eigenvalue weighted by atomic mass is 9.79. The molecule has 1 unspecified atom stereocenters. The number of hydrogen-bond donors (Lipinski definition) is 1. The van der Waals surface area contributed by atoms with Crippen molar-refractivity contribution in [3.8, 4) is 11.1 Å². The maximum atomic E-state index is 13.3. The Balaban J connectivity index is 1.54. The van der Waals surface area contributed by atoms with E-state index in [-0.39, 0.29) is 5.97 Å². The number of carbonyl (C=O) groups is 1. The number of aromatic nitrogens is 3. The predicted molar refractivity (Wildman–Crippen MR) is 140 cm³/mol. The largest absolute Gasteiger partial charge is 0.465 e. The number of fused-ring (bicyclic) bond motifs is 1. The summed E-state index contributed by atoms with van der Waals surface area (Å²) in [5.74, 6) is -0.288. The van der Waals surface area contributed by atoms with Crippen molar-refractivity contribution < 1.29 is 14.6 Å². The number of hydrogen-bond acceptors (Lipinski definition) is 5. The molecular formula is C30H33N3O3. The fourth-order valence-corrected chi connectivity index (χ4v) is 5.46. The monoisotopic (exact) mass is 483 g/mol. The van der Waals surface area contributed by atoms with Crippen molar-refractivity contribution in [2.24, 2.45) is 0 Å². The number of ether oxygens (including phenoxy) is 1. The highest BCUT2D eigenvalue weighted by Gasteiger charge is 2.40. The van der Waals surface area contributed by atoms with Crippen LogP contribution in [0, 0.1) is 0 Å². The molecular weight excluding hydrogens is 450 g/mol. The van der Waals surface area contributed by atoms with Crippen molar-refractivity contribution >= 4 is 11.6 Å². The molecule has 0 aliphatic heterocycles. The minimum Gasteiger partial charge on any atom is -0.465 e. The topological polar surface area (TPSA) is 76.7 Å². The van der Waals surface area contributed by atoms with Gasteiger partial charge in [-0.25, -0.2) is 9.50 Å². The van der Waals surface area contributed by atoms with Crippen molar-refractivity contribution in [3.63, 3.8) is 0 Å². The first-order valence-electron chi connectivity index (χ1n) is 12.8. The third kappa shape index (κ3) is 4.42. The molecule has 1 aliphatic carbocycles. The molecule has 2 aromatic heterocycles. The van der Waals surface area contributed by atoms with E-state index in [0.717, 1.165) is 53.6 Å². The average Bonchev–Trinajstić information content (AvgIpc) is 3.34. The van der Waals surface area contributed by atoms with Crippen LogP contribution in [0.2, 0.25) is 0 Å². The first-order valence-corrected chi connectivity index (χ1v) is 12.8. The van der Waals surface area contributed by atoms with Gasteiger partial charge in [-0.15, -0.1) is 0 Å². The zero-order chi connectivity index (χ0) is 25.2. The Bertz CT molecular complexity index is 1340. The van der Waals surface area contributed by atoms with Gasteiger partial charge < -0.3 is 9.84 Å². The maximum absolute atomic E-state index is 13.3. The van der Waals surface area contributed by atoms with Crippen molar-refractivity contribution in [2.45, 2.75) is 63.4 Å². The molecule has 1 aliphatic rings. The van der Waals surface area contributed by atoms with Gasteiger partial charge in [0.2, 0.25) is 0 Å². The van der Waals surface area contributed by atoms with E-state index >= 15 is 0 Å². The molecule has 6 nitrogen and oxygen atoms in total. The fourth-order valence-electron chi connectivity index (χ4n) is 5.46. The molecule has 36 heavy (non-hydrogen) atoms. The second-order valence-corrected chi connectivity index (χ2v) is 10.0. The molecule has 1 fully saturated rings. The molecule has 0 saturated heterocycles. The summed E-state index contributed by atoms with van der Waals surface area (Å²) in [5.41, 5.74) is 3.59. The van der Waals surface area contributed by atoms with Crippen LogP contribution in [-0.2, 0) is 27.0 Å². The van der Waals surface area contributed by atoms with Crippen LogP contribution >= 0.6 is 0 Å². The van der Waals surface area contributed by atoms with Crippen molar-refractivity contribution in [1.29, 1.82) is 0 Å². The van der Waals surface area contributed by atoms with E-state index in [4.69, 9.17) is 4.74 Å². The maximum Gasteiger partial charge on any atom is 0.318 e. The van der Waals surface area contributed by atoms with E-state index in [1.165, 1.54) is 6.42 Å². The number of benzene rings is 2. The van der Waals surface area contributed by atoms with Gasteiger partial charge in [-0.1, -0.05) is 73.9 Å². The van der Waals surface area contributed by atoms with Gasteiger partial charge in [0.25, 0.3) is 0 Å². The quantitative estimate of drug-likeness (QED) is 0.346. The second-order valence-electron chi connectivity index (χ2n) is 10.0. The molecule has 5 rings (SSSR count). The molecule has 2 heterocycles. The standard InChI is InChI=1S/C30H33N3O3/c1-3-36-28(34)29(2,20-22-10-6-4-7-11-22)26-16-19-31-27-25(21-32-33(26)27)23-12-14-24(15-13-23)30(35)17-8-5-9-18-30/h4,6-7,10-16,19,21,35H,3,5,8-9,17-18,20H2,1-2H3. The predicted octanol–water partition coefficient (Wildman–Crippen LogP) is 5.61. The van der Waals surface area contributed by atoms with Gasteiger partial charge in [0.15, 0.2) is 5.65 Å². The number of nitrogens with zero attached hydrogens (tertiary/aromatic N) is 3. The normalized spacial score (nSPS) is 17.0. The molecule has 0 spiro atoms. The summed E-state index contributed by atoms with van der Waals surface area (Å²) in [5, 5.41) is 15.8. The lowest BCUT2D eigenvalue weighted by Crippen LogP contribution is -2.38. The molecule has 1 atom stereocenters. The van der Waals surface area contributed by atoms with Crippen LogP contribution in [-0.4, -0.2) is 32.3 Å². The Morgan fingerprint density at radius 3 is 2.47 bits per heavy atom. The van der Waals surface area contributed by atoms with E-state index in [9.17, 15) is 9.90 Å². The van der Waals surface area contributed by atoms with Crippen LogP contribution in [0.3, 0.4) is 0 Å². The lowest BCUT2D eigenvalue weighted by molar-refractivity contribution is -0.149. The van der Waals surface area contributed by atoms with Gasteiger partial charge in [0.05, 0.1) is 24.1 Å². The summed E-state index contributed by atoms with van der Waals surface area (Å²) in [4.78, 5) is 17.9. The minimum absolute atomic E-state index is 0.288. The Hall–Kier alpha value is -3.51. The van der Waals surface area contributed by atoms with Gasteiger partial charge in [0.1, 0.15) is 5.41 Å². The van der Waals surface area contributed by atoms with E-state index < -0.39 is 11.0 Å². The number of esters is 1. The van der Waals surface area contributed by atoms with Crippen LogP contribution in [0.15, 0.2) is 73.1 Å². The van der Waals surface area contributed by atoms with Gasteiger partial charge in [-0.05, 0) is 55.9 Å². The summed E-state index contributed by atoms with van der Waals surface area (Å²) in [6.45, 7) is 4.04. The summed E-state index contributed by atoms with van der Waals surface area (Å²) >= 11 is 0. The van der Waals surface area contributed by atoms with Gasteiger partial charge >= 0.3 is 5.97 Å². The molecule has 0 radical (unpaired) electrons. The highest BCUT2D eigenvalue weighted by Crippen LogP contribution is 2.38. The van der Waals surface area contributed by atoms with Crippen LogP contribution in [0.5, 0.6) is 0 Å². The molecule has 1 N–H and O–H groups in total. The molecule has 0 bridgehead atoms. The van der Waals surface area contributed by atoms with Gasteiger partial charge in [-0.3, -0.25) is 4.79 Å². The highest BCUT2D eigenvalue weighted by atomic mass is 16.5. The van der Waals surface area contributed by atoms with Crippen LogP contribution in [0.4, 0.5) is 0 Å². The van der Waals surface area contributed by atoms with Crippen molar-refractivity contribution in [2.75, 3.05) is 6.61 Å². The third-order valence-electron chi connectivity index (χ3n) is 7.51. The van der Waals surface area contributed by atoms with E-state index in [0.29, 0.717) is 18.7 Å². The molecule has 4 aromatic rings. The van der Waals surface area contributed by atoms with Crippen molar-refractivity contribution in [3.05, 3.63) is 89.9 Å². The summed E-state index contributed by atoms with van der Waals surface area (Å²) in [7, 11) is 0. The zero-order valence-corrected chi connectivity index (χ0v) is 21.0. The summed E-state index contributed by atoms with van der Waals surface area (Å²) in [6.07, 6.45) is 8.92. The molecule has 186 valence electrons. The Morgan fingerprint density at radius 2 is 1.78 bits per heavy atom. The van der Waals surface area contributed by atoms with Crippen LogP contribution < -0.4 is 0 Å². The molecule has 1 saturated carbocycles. The Kier molecular flexibility index (Phi) is 6.63. The van der Waals surface area contributed by atoms with E-state index in [2.05, 4.69) is 10.1 Å². The Morgan fingerprint density at radius 1 is 1.06 bits per heavy atom. The number of aliphatic hydroxyl groups is 1. The van der Waals surface area contributed by atoms with Crippen molar-refractivity contribution in [1.82, 2.24) is 14.6 Å². The van der Waals surface area contributed by atoms with Crippen LogP contribution in [0.1, 0.15) is 62.8 Å². The lowest BCUT2D eigenvalue weighted by Gasteiger charge is -2.32. The number of carbonyl (C=O) groups excluding carboxylic acids is 1. The minimum atomic E-state index is -0.948. The average molecular weight is 484 g/mol. The first-order chi connectivity index (χ1) is 17.4.